The van der Waals surface area contributed by atoms with Crippen LogP contribution in [0.25, 0.3) is 0 Å². The van der Waals surface area contributed by atoms with Gasteiger partial charge in [0.05, 0.1) is 13.1 Å². The summed E-state index contributed by atoms with van der Waals surface area (Å²) in [6.45, 7) is 3.80. The molecule has 0 N–H and O–H groups in total. The molecule has 4 rings (SSSR count). The standard InChI is InChI=1S/C25H29FN4OS/c26-22-13-11-21(12-14-22)23(31)10-7-17-32-25-28-27-24(19-29-15-5-2-6-16-29)30(25)18-20-8-3-1-4-9-20/h1,3-4,8-9,11-14H,2,5-7,10,15-19H2. The lowest BCUT2D eigenvalue weighted by Gasteiger charge is -2.26. The van der Waals surface area contributed by atoms with Crippen LogP contribution in [0.15, 0.2) is 59.8 Å². The first kappa shape index (κ1) is 22.7. The number of hydrogen-bond donors (Lipinski definition) is 0. The summed E-state index contributed by atoms with van der Waals surface area (Å²) in [4.78, 5) is 14.8. The number of likely N-dealkylation sites (tertiary alicyclic amines) is 1. The molecule has 2 aromatic carbocycles. The number of rotatable bonds is 10. The number of carbonyl (C=O) groups is 1. The SMILES string of the molecule is O=C(CCCSc1nnc(CN2CCCCC2)n1Cc1ccccc1)c1ccc(F)cc1. The summed E-state index contributed by atoms with van der Waals surface area (Å²) in [6, 6.07) is 16.1. The first-order valence-corrected chi connectivity index (χ1v) is 12.3. The Morgan fingerprint density at radius 1 is 0.938 bits per heavy atom. The van der Waals surface area contributed by atoms with Gasteiger partial charge in [-0.05, 0) is 62.2 Å². The van der Waals surface area contributed by atoms with E-state index < -0.39 is 0 Å². The third-order valence-corrected chi connectivity index (χ3v) is 6.79. The van der Waals surface area contributed by atoms with Gasteiger partial charge in [-0.2, -0.15) is 0 Å². The topological polar surface area (TPSA) is 51.0 Å². The number of carbonyl (C=O) groups excluding carboxylic acids is 1. The number of benzene rings is 2. The molecular formula is C25H29FN4OS. The lowest BCUT2D eigenvalue weighted by atomic mass is 10.1. The van der Waals surface area contributed by atoms with Crippen LogP contribution in [-0.4, -0.2) is 44.3 Å². The minimum Gasteiger partial charge on any atom is -0.300 e. The molecular weight excluding hydrogens is 423 g/mol. The van der Waals surface area contributed by atoms with E-state index in [2.05, 4.69) is 43.9 Å². The molecule has 5 nitrogen and oxygen atoms in total. The van der Waals surface area contributed by atoms with Gasteiger partial charge in [0, 0.05) is 17.7 Å². The molecule has 0 saturated carbocycles. The Bertz CT molecular complexity index is 1000. The van der Waals surface area contributed by atoms with E-state index in [9.17, 15) is 9.18 Å². The summed E-state index contributed by atoms with van der Waals surface area (Å²) >= 11 is 1.65. The fourth-order valence-corrected chi connectivity index (χ4v) is 4.86. The van der Waals surface area contributed by atoms with E-state index in [0.29, 0.717) is 12.0 Å². The third kappa shape index (κ3) is 6.26. The van der Waals surface area contributed by atoms with Crippen molar-refractivity contribution in [3.05, 3.63) is 77.4 Å². The minimum atomic E-state index is -0.324. The van der Waals surface area contributed by atoms with Gasteiger partial charge in [0.1, 0.15) is 11.6 Å². The smallest absolute Gasteiger partial charge is 0.191 e. The van der Waals surface area contributed by atoms with Gasteiger partial charge < -0.3 is 4.57 Å². The first-order valence-electron chi connectivity index (χ1n) is 11.3. The fourth-order valence-electron chi connectivity index (χ4n) is 3.96. The number of hydrogen-bond acceptors (Lipinski definition) is 5. The van der Waals surface area contributed by atoms with Crippen molar-refractivity contribution >= 4 is 17.5 Å². The molecule has 1 aliphatic rings. The van der Waals surface area contributed by atoms with Crippen LogP contribution in [0.2, 0.25) is 0 Å². The Morgan fingerprint density at radius 2 is 1.69 bits per heavy atom. The molecule has 0 radical (unpaired) electrons. The van der Waals surface area contributed by atoms with Crippen molar-refractivity contribution in [2.45, 2.75) is 50.4 Å². The second-order valence-electron chi connectivity index (χ2n) is 8.19. The molecule has 0 aliphatic carbocycles. The van der Waals surface area contributed by atoms with Gasteiger partial charge in [0.25, 0.3) is 0 Å². The minimum absolute atomic E-state index is 0.0436. The van der Waals surface area contributed by atoms with Gasteiger partial charge in [0.15, 0.2) is 10.9 Å². The molecule has 168 valence electrons. The second-order valence-corrected chi connectivity index (χ2v) is 9.25. The summed E-state index contributed by atoms with van der Waals surface area (Å²) in [6.07, 6.45) is 4.98. The van der Waals surface area contributed by atoms with Crippen molar-refractivity contribution in [1.82, 2.24) is 19.7 Å². The first-order chi connectivity index (χ1) is 15.7. The largest absolute Gasteiger partial charge is 0.300 e. The molecule has 2 heterocycles. The van der Waals surface area contributed by atoms with Gasteiger partial charge in [-0.25, -0.2) is 4.39 Å². The normalized spacial score (nSPS) is 14.5. The van der Waals surface area contributed by atoms with Crippen LogP contribution in [0, 0.1) is 5.82 Å². The lowest BCUT2D eigenvalue weighted by molar-refractivity contribution is 0.0982. The van der Waals surface area contributed by atoms with Crippen LogP contribution >= 0.6 is 11.8 Å². The van der Waals surface area contributed by atoms with E-state index in [1.165, 1.54) is 37.0 Å². The molecule has 0 atom stereocenters. The molecule has 1 fully saturated rings. The molecule has 0 amide bonds. The van der Waals surface area contributed by atoms with Crippen molar-refractivity contribution in [1.29, 1.82) is 0 Å². The molecule has 1 aliphatic heterocycles. The van der Waals surface area contributed by atoms with Crippen LogP contribution in [0.1, 0.15) is 53.8 Å². The van der Waals surface area contributed by atoms with Gasteiger partial charge in [-0.15, -0.1) is 10.2 Å². The van der Waals surface area contributed by atoms with Crippen LogP contribution in [0.4, 0.5) is 4.39 Å². The van der Waals surface area contributed by atoms with Crippen LogP contribution in [0.5, 0.6) is 0 Å². The summed E-state index contributed by atoms with van der Waals surface area (Å²) in [7, 11) is 0. The van der Waals surface area contributed by atoms with E-state index in [0.717, 1.165) is 49.3 Å². The number of halogens is 1. The monoisotopic (exact) mass is 452 g/mol. The Kier molecular flexibility index (Phi) is 8.07. The Hall–Kier alpha value is -2.51. The number of ketones is 1. The zero-order valence-electron chi connectivity index (χ0n) is 18.3. The zero-order valence-corrected chi connectivity index (χ0v) is 19.1. The molecule has 3 aromatic rings. The number of thioether (sulfide) groups is 1. The highest BCUT2D eigenvalue weighted by molar-refractivity contribution is 7.99. The predicted molar refractivity (Wildman–Crippen MR) is 125 cm³/mol. The van der Waals surface area contributed by atoms with E-state index in [1.54, 1.807) is 23.9 Å². The quantitative estimate of drug-likeness (QED) is 0.240. The third-order valence-electron chi connectivity index (χ3n) is 5.74. The summed E-state index contributed by atoms with van der Waals surface area (Å²) < 4.78 is 15.3. The van der Waals surface area contributed by atoms with Gasteiger partial charge in [-0.1, -0.05) is 48.5 Å². The highest BCUT2D eigenvalue weighted by atomic mass is 32.2. The average Bonchev–Trinajstić information content (AvgIpc) is 3.19. The molecule has 0 bridgehead atoms. The summed E-state index contributed by atoms with van der Waals surface area (Å²) in [5, 5.41) is 9.91. The van der Waals surface area contributed by atoms with Gasteiger partial charge >= 0.3 is 0 Å². The molecule has 1 aromatic heterocycles. The van der Waals surface area contributed by atoms with E-state index >= 15 is 0 Å². The highest BCUT2D eigenvalue weighted by Crippen LogP contribution is 2.22. The van der Waals surface area contributed by atoms with E-state index in [4.69, 9.17) is 0 Å². The molecule has 7 heteroatoms. The summed E-state index contributed by atoms with van der Waals surface area (Å²) in [5.41, 5.74) is 1.79. The Morgan fingerprint density at radius 3 is 2.44 bits per heavy atom. The summed E-state index contributed by atoms with van der Waals surface area (Å²) in [5.74, 6) is 1.50. The Labute approximate surface area is 193 Å². The molecule has 1 saturated heterocycles. The van der Waals surface area contributed by atoms with Crippen molar-refractivity contribution in [2.24, 2.45) is 0 Å². The van der Waals surface area contributed by atoms with Crippen molar-refractivity contribution in [3.8, 4) is 0 Å². The van der Waals surface area contributed by atoms with E-state index in [1.807, 2.05) is 6.07 Å². The fraction of sp³-hybridized carbons (Fsp3) is 0.400. The maximum Gasteiger partial charge on any atom is 0.191 e. The van der Waals surface area contributed by atoms with Gasteiger partial charge in [0.2, 0.25) is 0 Å². The molecule has 0 unspecified atom stereocenters. The van der Waals surface area contributed by atoms with Crippen LogP contribution in [-0.2, 0) is 13.1 Å². The van der Waals surface area contributed by atoms with Gasteiger partial charge in [-0.3, -0.25) is 9.69 Å². The van der Waals surface area contributed by atoms with Crippen LogP contribution in [0.3, 0.4) is 0 Å². The number of nitrogens with zero attached hydrogens (tertiary/aromatic N) is 4. The highest BCUT2D eigenvalue weighted by Gasteiger charge is 2.18. The number of Topliss-reactive ketones (excluding diaryl/α,β-unsaturated/α-hetero) is 1. The second kappa shape index (κ2) is 11.4. The number of piperidine rings is 1. The molecule has 32 heavy (non-hydrogen) atoms. The molecule has 0 spiro atoms. The Balaban J connectivity index is 1.38. The van der Waals surface area contributed by atoms with E-state index in [-0.39, 0.29) is 11.6 Å². The maximum absolute atomic E-state index is 13.1. The van der Waals surface area contributed by atoms with Crippen LogP contribution < -0.4 is 0 Å². The average molecular weight is 453 g/mol. The van der Waals surface area contributed by atoms with Crippen molar-refractivity contribution < 1.29 is 9.18 Å². The number of aromatic nitrogens is 3. The lowest BCUT2D eigenvalue weighted by Crippen LogP contribution is -2.30. The van der Waals surface area contributed by atoms with Crippen molar-refractivity contribution in [3.63, 3.8) is 0 Å². The zero-order chi connectivity index (χ0) is 22.2. The van der Waals surface area contributed by atoms with Crippen molar-refractivity contribution in [2.75, 3.05) is 18.8 Å². The maximum atomic E-state index is 13.1. The predicted octanol–water partition coefficient (Wildman–Crippen LogP) is 5.21.